The van der Waals surface area contributed by atoms with Crippen LogP contribution in [0.25, 0.3) is 11.3 Å². The van der Waals surface area contributed by atoms with E-state index in [1.54, 1.807) is 0 Å². The standard InChI is InChI=1S/C23H29N5/c1-18-9-7-10-19(15-18)17-25-23-26-21(20-11-5-4-6-12-20)16-22(27-23)24-13-8-14-28(2)3/h4-7,9-12,15-16H,8,13-14,17H2,1-3H3,(H2,24,25,26,27). The fourth-order valence-corrected chi connectivity index (χ4v) is 2.99. The monoisotopic (exact) mass is 375 g/mol. The van der Waals surface area contributed by atoms with Crippen molar-refractivity contribution in [2.24, 2.45) is 0 Å². The zero-order valence-electron chi connectivity index (χ0n) is 16.9. The Balaban J connectivity index is 1.76. The highest BCUT2D eigenvalue weighted by molar-refractivity contribution is 5.64. The van der Waals surface area contributed by atoms with E-state index in [1.165, 1.54) is 11.1 Å². The Morgan fingerprint density at radius 3 is 2.46 bits per heavy atom. The number of benzene rings is 2. The number of nitrogens with one attached hydrogen (secondary N) is 2. The Morgan fingerprint density at radius 2 is 1.71 bits per heavy atom. The van der Waals surface area contributed by atoms with Gasteiger partial charge < -0.3 is 15.5 Å². The molecule has 0 saturated carbocycles. The summed E-state index contributed by atoms with van der Waals surface area (Å²) in [7, 11) is 4.18. The maximum absolute atomic E-state index is 4.73. The summed E-state index contributed by atoms with van der Waals surface area (Å²) in [6.45, 7) is 4.72. The molecule has 2 N–H and O–H groups in total. The number of hydrogen-bond donors (Lipinski definition) is 2. The number of aromatic nitrogens is 2. The van der Waals surface area contributed by atoms with Gasteiger partial charge in [-0.2, -0.15) is 4.98 Å². The van der Waals surface area contributed by atoms with Crippen molar-refractivity contribution in [1.29, 1.82) is 0 Å². The van der Waals surface area contributed by atoms with Crippen molar-refractivity contribution in [1.82, 2.24) is 14.9 Å². The zero-order valence-corrected chi connectivity index (χ0v) is 16.9. The number of hydrogen-bond acceptors (Lipinski definition) is 5. The topological polar surface area (TPSA) is 53.1 Å². The molecule has 5 heteroatoms. The first-order chi connectivity index (χ1) is 13.6. The summed E-state index contributed by atoms with van der Waals surface area (Å²) < 4.78 is 0. The van der Waals surface area contributed by atoms with E-state index in [1.807, 2.05) is 24.3 Å². The van der Waals surface area contributed by atoms with Gasteiger partial charge in [-0.1, -0.05) is 60.2 Å². The van der Waals surface area contributed by atoms with E-state index in [0.29, 0.717) is 12.5 Å². The molecule has 3 aromatic rings. The molecule has 0 spiro atoms. The van der Waals surface area contributed by atoms with Crippen molar-refractivity contribution in [3.63, 3.8) is 0 Å². The van der Waals surface area contributed by atoms with Crippen LogP contribution >= 0.6 is 0 Å². The van der Waals surface area contributed by atoms with Crippen molar-refractivity contribution in [3.8, 4) is 11.3 Å². The lowest BCUT2D eigenvalue weighted by Crippen LogP contribution is -2.17. The highest BCUT2D eigenvalue weighted by Gasteiger charge is 2.07. The molecule has 28 heavy (non-hydrogen) atoms. The Morgan fingerprint density at radius 1 is 0.893 bits per heavy atom. The molecule has 0 radical (unpaired) electrons. The van der Waals surface area contributed by atoms with Gasteiger partial charge in [-0.25, -0.2) is 4.98 Å². The van der Waals surface area contributed by atoms with E-state index >= 15 is 0 Å². The van der Waals surface area contributed by atoms with Crippen molar-refractivity contribution in [2.45, 2.75) is 19.9 Å². The average Bonchev–Trinajstić information content (AvgIpc) is 2.70. The molecule has 5 nitrogen and oxygen atoms in total. The van der Waals surface area contributed by atoms with E-state index in [9.17, 15) is 0 Å². The smallest absolute Gasteiger partial charge is 0.225 e. The minimum absolute atomic E-state index is 0.637. The molecule has 0 aliphatic heterocycles. The van der Waals surface area contributed by atoms with Crippen LogP contribution in [0.4, 0.5) is 11.8 Å². The summed E-state index contributed by atoms with van der Waals surface area (Å²) >= 11 is 0. The van der Waals surface area contributed by atoms with E-state index in [4.69, 9.17) is 4.98 Å². The molecule has 1 heterocycles. The van der Waals surface area contributed by atoms with Gasteiger partial charge >= 0.3 is 0 Å². The lowest BCUT2D eigenvalue weighted by molar-refractivity contribution is 0.405. The first-order valence-corrected chi connectivity index (χ1v) is 9.73. The van der Waals surface area contributed by atoms with Gasteiger partial charge in [0.2, 0.25) is 5.95 Å². The van der Waals surface area contributed by atoms with Crippen LogP contribution in [0.15, 0.2) is 60.7 Å². The van der Waals surface area contributed by atoms with Crippen molar-refractivity contribution in [2.75, 3.05) is 37.8 Å². The molecule has 146 valence electrons. The first kappa shape index (κ1) is 19.8. The predicted octanol–water partition coefficient (Wildman–Crippen LogP) is 4.43. The maximum atomic E-state index is 4.73. The highest BCUT2D eigenvalue weighted by Crippen LogP contribution is 2.21. The molecule has 0 fully saturated rings. The van der Waals surface area contributed by atoms with Crippen LogP contribution in [0, 0.1) is 6.92 Å². The van der Waals surface area contributed by atoms with Gasteiger partial charge in [0.15, 0.2) is 0 Å². The Kier molecular flexibility index (Phi) is 6.98. The molecular weight excluding hydrogens is 346 g/mol. The van der Waals surface area contributed by atoms with Crippen molar-refractivity contribution >= 4 is 11.8 Å². The minimum atomic E-state index is 0.637. The first-order valence-electron chi connectivity index (χ1n) is 9.73. The zero-order chi connectivity index (χ0) is 19.8. The summed E-state index contributed by atoms with van der Waals surface area (Å²) in [6, 6.07) is 20.7. The van der Waals surface area contributed by atoms with E-state index in [0.717, 1.165) is 36.6 Å². The Hall–Kier alpha value is -2.92. The second-order valence-electron chi connectivity index (χ2n) is 7.25. The van der Waals surface area contributed by atoms with Crippen LogP contribution in [-0.4, -0.2) is 42.1 Å². The fraction of sp³-hybridized carbons (Fsp3) is 0.304. The number of rotatable bonds is 9. The third-order valence-corrected chi connectivity index (χ3v) is 4.42. The van der Waals surface area contributed by atoms with Gasteiger partial charge in [0, 0.05) is 24.7 Å². The second kappa shape index (κ2) is 9.85. The minimum Gasteiger partial charge on any atom is -0.370 e. The van der Waals surface area contributed by atoms with E-state index in [-0.39, 0.29) is 0 Å². The number of anilines is 2. The highest BCUT2D eigenvalue weighted by atomic mass is 15.1. The van der Waals surface area contributed by atoms with Gasteiger partial charge in [0.25, 0.3) is 0 Å². The number of nitrogens with zero attached hydrogens (tertiary/aromatic N) is 3. The van der Waals surface area contributed by atoms with Crippen LogP contribution in [-0.2, 0) is 6.54 Å². The van der Waals surface area contributed by atoms with Crippen LogP contribution in [0.2, 0.25) is 0 Å². The van der Waals surface area contributed by atoms with Crippen molar-refractivity contribution in [3.05, 3.63) is 71.8 Å². The summed E-state index contributed by atoms with van der Waals surface area (Å²) in [6.07, 6.45) is 1.06. The molecule has 0 aliphatic rings. The van der Waals surface area contributed by atoms with Gasteiger partial charge in [0.1, 0.15) is 5.82 Å². The van der Waals surface area contributed by atoms with Crippen LogP contribution in [0.5, 0.6) is 0 Å². The summed E-state index contributed by atoms with van der Waals surface area (Å²) in [4.78, 5) is 11.6. The second-order valence-corrected chi connectivity index (χ2v) is 7.25. The van der Waals surface area contributed by atoms with Crippen LogP contribution < -0.4 is 10.6 Å². The lowest BCUT2D eigenvalue weighted by atomic mass is 10.1. The van der Waals surface area contributed by atoms with Crippen LogP contribution in [0.1, 0.15) is 17.5 Å². The largest absolute Gasteiger partial charge is 0.370 e. The molecule has 0 saturated heterocycles. The predicted molar refractivity (Wildman–Crippen MR) is 118 cm³/mol. The van der Waals surface area contributed by atoms with Gasteiger partial charge in [0.05, 0.1) is 5.69 Å². The fourth-order valence-electron chi connectivity index (χ4n) is 2.99. The molecule has 3 rings (SSSR count). The number of aryl methyl sites for hydroxylation is 1. The summed E-state index contributed by atoms with van der Waals surface area (Å²) in [5.41, 5.74) is 4.47. The quantitative estimate of drug-likeness (QED) is 0.542. The Bertz CT molecular complexity index is 877. The SMILES string of the molecule is Cc1cccc(CNc2nc(NCCCN(C)C)cc(-c3ccccc3)n2)c1. The van der Waals surface area contributed by atoms with Gasteiger partial charge in [-0.3, -0.25) is 0 Å². The molecule has 0 unspecified atom stereocenters. The molecule has 1 aromatic heterocycles. The normalized spacial score (nSPS) is 10.9. The molecule has 2 aromatic carbocycles. The average molecular weight is 376 g/mol. The summed E-state index contributed by atoms with van der Waals surface area (Å²) in [5.74, 6) is 1.48. The van der Waals surface area contributed by atoms with Crippen molar-refractivity contribution < 1.29 is 0 Å². The lowest BCUT2D eigenvalue weighted by Gasteiger charge is -2.13. The molecule has 0 bridgehead atoms. The Labute approximate surface area is 167 Å². The maximum Gasteiger partial charge on any atom is 0.225 e. The molecule has 0 atom stereocenters. The third-order valence-electron chi connectivity index (χ3n) is 4.42. The molecular formula is C23H29N5. The summed E-state index contributed by atoms with van der Waals surface area (Å²) in [5, 5.41) is 6.82. The van der Waals surface area contributed by atoms with Gasteiger partial charge in [-0.15, -0.1) is 0 Å². The van der Waals surface area contributed by atoms with Gasteiger partial charge in [-0.05, 0) is 39.5 Å². The van der Waals surface area contributed by atoms with E-state index < -0.39 is 0 Å². The molecule has 0 amide bonds. The third kappa shape index (κ3) is 6.06. The molecule has 0 aliphatic carbocycles. The van der Waals surface area contributed by atoms with Crippen LogP contribution in [0.3, 0.4) is 0 Å². The van der Waals surface area contributed by atoms with E-state index in [2.05, 4.69) is 77.9 Å².